The molecule has 9 heteroatoms. The van der Waals surface area contributed by atoms with E-state index in [0.29, 0.717) is 6.54 Å². The zero-order valence-electron chi connectivity index (χ0n) is 16.4. The number of aryl methyl sites for hydroxylation is 1. The Hall–Kier alpha value is -1.62. The first kappa shape index (κ1) is 21.1. The maximum absolute atomic E-state index is 5.72. The number of fused-ring (bicyclic) bond motifs is 1. The van der Waals surface area contributed by atoms with Gasteiger partial charge in [0.05, 0.1) is 18.8 Å². The van der Waals surface area contributed by atoms with Crippen LogP contribution in [0.2, 0.25) is 0 Å². The summed E-state index contributed by atoms with van der Waals surface area (Å²) in [4.78, 5) is 6.88. The van der Waals surface area contributed by atoms with Crippen molar-refractivity contribution in [3.8, 4) is 0 Å². The first-order valence-electron chi connectivity index (χ1n) is 9.98. The zero-order chi connectivity index (χ0) is 18.5. The van der Waals surface area contributed by atoms with Crippen LogP contribution in [0.25, 0.3) is 0 Å². The summed E-state index contributed by atoms with van der Waals surface area (Å²) < 4.78 is 7.93. The number of hydrogen-bond acceptors (Lipinski definition) is 5. The second kappa shape index (κ2) is 10.2. The van der Waals surface area contributed by atoms with Crippen LogP contribution < -0.4 is 10.6 Å². The third-order valence-corrected chi connectivity index (χ3v) is 5.49. The molecule has 0 radical (unpaired) electrons. The third-order valence-electron chi connectivity index (χ3n) is 5.49. The van der Waals surface area contributed by atoms with Crippen molar-refractivity contribution in [3.05, 3.63) is 35.8 Å². The highest BCUT2D eigenvalue weighted by Gasteiger charge is 2.24. The van der Waals surface area contributed by atoms with Crippen LogP contribution in [-0.2, 0) is 19.5 Å². The summed E-state index contributed by atoms with van der Waals surface area (Å²) in [6.45, 7) is 4.63. The van der Waals surface area contributed by atoms with E-state index in [-0.39, 0.29) is 30.0 Å². The molecule has 0 amide bonds. The van der Waals surface area contributed by atoms with Gasteiger partial charge in [0.15, 0.2) is 11.8 Å². The maximum Gasteiger partial charge on any atom is 0.191 e. The Morgan fingerprint density at radius 2 is 2.04 bits per heavy atom. The second-order valence-electron chi connectivity index (χ2n) is 7.22. The van der Waals surface area contributed by atoms with E-state index in [1.165, 1.54) is 19.3 Å². The molecular weight excluding hydrogens is 469 g/mol. The number of furan rings is 1. The van der Waals surface area contributed by atoms with Gasteiger partial charge in [-0.3, -0.25) is 9.89 Å². The van der Waals surface area contributed by atoms with Crippen molar-refractivity contribution >= 4 is 29.9 Å². The summed E-state index contributed by atoms with van der Waals surface area (Å²) in [5, 5.41) is 15.4. The molecule has 8 nitrogen and oxygen atoms in total. The first-order chi connectivity index (χ1) is 13.3. The van der Waals surface area contributed by atoms with Crippen molar-refractivity contribution < 1.29 is 4.42 Å². The molecule has 1 unspecified atom stereocenters. The number of guanidine groups is 1. The average Bonchev–Trinajstić information content (AvgIpc) is 3.44. The highest BCUT2D eigenvalue weighted by molar-refractivity contribution is 14.0. The Balaban J connectivity index is 0.00000225. The van der Waals surface area contributed by atoms with Gasteiger partial charge in [0.25, 0.3) is 0 Å². The van der Waals surface area contributed by atoms with Crippen molar-refractivity contribution in [2.45, 2.75) is 51.2 Å². The Bertz CT molecular complexity index is 752. The lowest BCUT2D eigenvalue weighted by molar-refractivity contribution is 0.146. The van der Waals surface area contributed by atoms with Crippen LogP contribution in [0, 0.1) is 0 Å². The summed E-state index contributed by atoms with van der Waals surface area (Å²) in [5.74, 6) is 3.86. The Morgan fingerprint density at radius 1 is 1.18 bits per heavy atom. The van der Waals surface area contributed by atoms with Gasteiger partial charge in [0.2, 0.25) is 0 Å². The van der Waals surface area contributed by atoms with Crippen LogP contribution in [0.4, 0.5) is 0 Å². The van der Waals surface area contributed by atoms with E-state index in [2.05, 4.69) is 41.4 Å². The van der Waals surface area contributed by atoms with Crippen LogP contribution in [0.5, 0.6) is 0 Å². The van der Waals surface area contributed by atoms with Crippen LogP contribution in [0.15, 0.2) is 27.8 Å². The number of hydrogen-bond donors (Lipinski definition) is 2. The molecule has 1 saturated heterocycles. The van der Waals surface area contributed by atoms with Gasteiger partial charge in [0.1, 0.15) is 11.6 Å². The fourth-order valence-corrected chi connectivity index (χ4v) is 4.04. The highest BCUT2D eigenvalue weighted by Crippen LogP contribution is 2.24. The molecule has 0 aromatic carbocycles. The molecule has 2 N–H and O–H groups in total. The minimum Gasteiger partial charge on any atom is -0.468 e. The van der Waals surface area contributed by atoms with E-state index < -0.39 is 0 Å². The van der Waals surface area contributed by atoms with Gasteiger partial charge in [0, 0.05) is 26.6 Å². The normalized spacial score (nSPS) is 18.4. The third kappa shape index (κ3) is 4.86. The zero-order valence-corrected chi connectivity index (χ0v) is 18.8. The summed E-state index contributed by atoms with van der Waals surface area (Å²) in [5.41, 5.74) is 0. The molecule has 0 spiro atoms. The van der Waals surface area contributed by atoms with Gasteiger partial charge in [-0.25, -0.2) is 0 Å². The topological polar surface area (TPSA) is 83.5 Å². The summed E-state index contributed by atoms with van der Waals surface area (Å²) in [7, 11) is 1.80. The van der Waals surface area contributed by atoms with Crippen LogP contribution >= 0.6 is 24.0 Å². The number of aromatic nitrogens is 3. The summed E-state index contributed by atoms with van der Waals surface area (Å²) in [6.07, 6.45) is 7.77. The van der Waals surface area contributed by atoms with E-state index >= 15 is 0 Å². The highest BCUT2D eigenvalue weighted by atomic mass is 127. The molecule has 2 aromatic heterocycles. The van der Waals surface area contributed by atoms with Crippen molar-refractivity contribution in [2.75, 3.05) is 26.7 Å². The fraction of sp³-hybridized carbons (Fsp3) is 0.632. The SMILES string of the molecule is CN=C(NCc1nnc2n1CCC2)NCC(c1ccco1)N1CCCCC1.I. The van der Waals surface area contributed by atoms with Crippen molar-refractivity contribution in [3.63, 3.8) is 0 Å². The second-order valence-corrected chi connectivity index (χ2v) is 7.22. The van der Waals surface area contributed by atoms with Crippen molar-refractivity contribution in [2.24, 2.45) is 4.99 Å². The predicted octanol–water partition coefficient (Wildman–Crippen LogP) is 2.33. The molecule has 0 saturated carbocycles. The molecule has 154 valence electrons. The number of nitrogens with zero attached hydrogens (tertiary/aromatic N) is 5. The van der Waals surface area contributed by atoms with Gasteiger partial charge in [-0.1, -0.05) is 6.42 Å². The van der Waals surface area contributed by atoms with E-state index in [0.717, 1.165) is 62.4 Å². The Morgan fingerprint density at radius 3 is 2.79 bits per heavy atom. The monoisotopic (exact) mass is 499 g/mol. The van der Waals surface area contributed by atoms with Gasteiger partial charge >= 0.3 is 0 Å². The van der Waals surface area contributed by atoms with Crippen molar-refractivity contribution in [1.29, 1.82) is 0 Å². The quantitative estimate of drug-likeness (QED) is 0.361. The van der Waals surface area contributed by atoms with E-state index in [4.69, 9.17) is 4.42 Å². The van der Waals surface area contributed by atoms with Gasteiger partial charge in [-0.2, -0.15) is 0 Å². The first-order valence-corrected chi connectivity index (χ1v) is 9.98. The maximum atomic E-state index is 5.72. The number of halogens is 1. The Labute approximate surface area is 183 Å². The number of likely N-dealkylation sites (tertiary alicyclic amines) is 1. The standard InChI is InChI=1S/C19H29N7O.HI/c1-20-19(22-14-18-24-23-17-8-5-11-26(17)18)21-13-15(16-7-6-12-27-16)25-9-3-2-4-10-25;/h6-7,12,15H,2-5,8-11,13-14H2,1H3,(H2,20,21,22);1H. The molecule has 2 aliphatic heterocycles. The lowest BCUT2D eigenvalue weighted by Gasteiger charge is -2.33. The Kier molecular flexibility index (Phi) is 7.72. The summed E-state index contributed by atoms with van der Waals surface area (Å²) in [6, 6.07) is 4.25. The molecule has 2 aliphatic rings. The molecule has 2 aromatic rings. The number of piperidine rings is 1. The molecule has 28 heavy (non-hydrogen) atoms. The largest absolute Gasteiger partial charge is 0.468 e. The van der Waals surface area contributed by atoms with Crippen molar-refractivity contribution in [1.82, 2.24) is 30.3 Å². The smallest absolute Gasteiger partial charge is 0.191 e. The number of rotatable bonds is 6. The number of aliphatic imine (C=N–C) groups is 1. The minimum absolute atomic E-state index is 0. The lowest BCUT2D eigenvalue weighted by Crippen LogP contribution is -2.44. The molecule has 4 heterocycles. The van der Waals surface area contributed by atoms with Crippen LogP contribution in [0.3, 0.4) is 0 Å². The molecule has 4 rings (SSSR count). The fourth-order valence-electron chi connectivity index (χ4n) is 4.04. The van der Waals surface area contributed by atoms with Crippen LogP contribution in [-0.4, -0.2) is 52.3 Å². The molecule has 1 fully saturated rings. The minimum atomic E-state index is 0. The summed E-state index contributed by atoms with van der Waals surface area (Å²) >= 11 is 0. The predicted molar refractivity (Wildman–Crippen MR) is 119 cm³/mol. The molecule has 0 bridgehead atoms. The molecule has 1 atom stereocenters. The molecule has 0 aliphatic carbocycles. The van der Waals surface area contributed by atoms with Gasteiger partial charge in [-0.15, -0.1) is 34.2 Å². The van der Waals surface area contributed by atoms with Gasteiger partial charge < -0.3 is 19.6 Å². The van der Waals surface area contributed by atoms with E-state index in [1.54, 1.807) is 13.3 Å². The lowest BCUT2D eigenvalue weighted by atomic mass is 10.1. The van der Waals surface area contributed by atoms with Gasteiger partial charge in [-0.05, 0) is 44.5 Å². The van der Waals surface area contributed by atoms with E-state index in [9.17, 15) is 0 Å². The van der Waals surface area contributed by atoms with E-state index in [1.807, 2.05) is 6.07 Å². The average molecular weight is 499 g/mol. The number of nitrogens with one attached hydrogen (secondary N) is 2. The molecular formula is C19H30IN7O. The van der Waals surface area contributed by atoms with Crippen LogP contribution in [0.1, 0.15) is 49.1 Å².